The highest BCUT2D eigenvalue weighted by Crippen LogP contribution is 2.31. The maximum Gasteiger partial charge on any atom is 0.166 e. The van der Waals surface area contributed by atoms with Gasteiger partial charge < -0.3 is 14.8 Å². The number of rotatable bonds is 8. The topological polar surface area (TPSA) is 30.5 Å². The van der Waals surface area contributed by atoms with Crippen molar-refractivity contribution in [2.75, 3.05) is 13.7 Å². The van der Waals surface area contributed by atoms with Crippen molar-refractivity contribution in [3.05, 3.63) is 58.6 Å². The Balaban J connectivity index is 2.11. The third-order valence-electron chi connectivity index (χ3n) is 3.32. The Morgan fingerprint density at radius 2 is 1.86 bits per heavy atom. The molecule has 0 aromatic heterocycles. The standard InChI is InChI=1S/C18H22ClNO2/c1-3-11-20-12-15-5-4-6-17(21-2)18(15)22-13-14-7-9-16(19)10-8-14/h4-10,20H,3,11-13H2,1-2H3. The second-order valence-electron chi connectivity index (χ2n) is 5.04. The molecule has 0 atom stereocenters. The molecule has 3 nitrogen and oxygen atoms in total. The molecule has 2 rings (SSSR count). The fraction of sp³-hybridized carbons (Fsp3) is 0.333. The summed E-state index contributed by atoms with van der Waals surface area (Å²) < 4.78 is 11.4. The molecule has 4 heteroatoms. The third kappa shape index (κ3) is 4.65. The molecule has 0 aliphatic rings. The molecule has 0 unspecified atom stereocenters. The number of methoxy groups -OCH3 is 1. The fourth-order valence-corrected chi connectivity index (χ4v) is 2.29. The average molecular weight is 320 g/mol. The highest BCUT2D eigenvalue weighted by atomic mass is 35.5. The normalized spacial score (nSPS) is 10.5. The Hall–Kier alpha value is -1.71. The molecule has 2 aromatic rings. The molecule has 0 saturated carbocycles. The lowest BCUT2D eigenvalue weighted by Crippen LogP contribution is -2.15. The van der Waals surface area contributed by atoms with Crippen molar-refractivity contribution in [2.24, 2.45) is 0 Å². The summed E-state index contributed by atoms with van der Waals surface area (Å²) in [6, 6.07) is 13.6. The lowest BCUT2D eigenvalue weighted by molar-refractivity contribution is 0.280. The quantitative estimate of drug-likeness (QED) is 0.730. The van der Waals surface area contributed by atoms with Crippen LogP contribution in [-0.4, -0.2) is 13.7 Å². The molecule has 118 valence electrons. The molecule has 0 saturated heterocycles. The fourth-order valence-electron chi connectivity index (χ4n) is 2.16. The Morgan fingerprint density at radius 3 is 2.55 bits per heavy atom. The van der Waals surface area contributed by atoms with Crippen LogP contribution in [0, 0.1) is 0 Å². The van der Waals surface area contributed by atoms with E-state index in [0.29, 0.717) is 6.61 Å². The summed E-state index contributed by atoms with van der Waals surface area (Å²) in [5, 5.41) is 4.12. The molecule has 0 amide bonds. The van der Waals surface area contributed by atoms with Crippen LogP contribution in [0.3, 0.4) is 0 Å². The van der Waals surface area contributed by atoms with Crippen molar-refractivity contribution < 1.29 is 9.47 Å². The Morgan fingerprint density at radius 1 is 1.09 bits per heavy atom. The second-order valence-corrected chi connectivity index (χ2v) is 5.48. The Bertz CT molecular complexity index is 584. The first-order valence-electron chi connectivity index (χ1n) is 7.48. The predicted molar refractivity (Wildman–Crippen MR) is 90.8 cm³/mol. The molecule has 1 N–H and O–H groups in total. The van der Waals surface area contributed by atoms with Gasteiger partial charge in [0.15, 0.2) is 11.5 Å². The number of halogens is 1. The minimum Gasteiger partial charge on any atom is -0.493 e. The van der Waals surface area contributed by atoms with E-state index in [2.05, 4.69) is 18.3 Å². The monoisotopic (exact) mass is 319 g/mol. The summed E-state index contributed by atoms with van der Waals surface area (Å²) >= 11 is 5.90. The van der Waals surface area contributed by atoms with Crippen molar-refractivity contribution in [3.8, 4) is 11.5 Å². The Labute approximate surface area is 137 Å². The van der Waals surface area contributed by atoms with Gasteiger partial charge in [0, 0.05) is 17.1 Å². The van der Waals surface area contributed by atoms with E-state index >= 15 is 0 Å². The third-order valence-corrected chi connectivity index (χ3v) is 3.57. The molecule has 0 bridgehead atoms. The van der Waals surface area contributed by atoms with Gasteiger partial charge in [-0.1, -0.05) is 42.8 Å². The molecule has 0 aliphatic heterocycles. The SMILES string of the molecule is CCCNCc1cccc(OC)c1OCc1ccc(Cl)cc1. The molecule has 0 spiro atoms. The lowest BCUT2D eigenvalue weighted by Gasteiger charge is -2.15. The van der Waals surface area contributed by atoms with Crippen molar-refractivity contribution in [3.63, 3.8) is 0 Å². The van der Waals surface area contributed by atoms with Gasteiger partial charge in [-0.2, -0.15) is 0 Å². The van der Waals surface area contributed by atoms with E-state index in [1.807, 2.05) is 36.4 Å². The predicted octanol–water partition coefficient (Wildman–Crippen LogP) is 4.43. The first-order chi connectivity index (χ1) is 10.7. The number of ether oxygens (including phenoxy) is 2. The van der Waals surface area contributed by atoms with Crippen LogP contribution < -0.4 is 14.8 Å². The maximum atomic E-state index is 6.01. The van der Waals surface area contributed by atoms with Crippen LogP contribution in [0.1, 0.15) is 24.5 Å². The van der Waals surface area contributed by atoms with Gasteiger partial charge in [0.1, 0.15) is 6.61 Å². The van der Waals surface area contributed by atoms with Crippen molar-refractivity contribution in [2.45, 2.75) is 26.5 Å². The number of hydrogen-bond donors (Lipinski definition) is 1. The van der Waals surface area contributed by atoms with Crippen LogP contribution >= 0.6 is 11.6 Å². The van der Waals surface area contributed by atoms with Gasteiger partial charge in [0.05, 0.1) is 7.11 Å². The van der Waals surface area contributed by atoms with Crippen LogP contribution in [0.25, 0.3) is 0 Å². The summed E-state index contributed by atoms with van der Waals surface area (Å²) in [7, 11) is 1.66. The van der Waals surface area contributed by atoms with E-state index in [0.717, 1.165) is 47.2 Å². The summed E-state index contributed by atoms with van der Waals surface area (Å²) in [6.07, 6.45) is 1.10. The van der Waals surface area contributed by atoms with E-state index in [1.54, 1.807) is 7.11 Å². The number of nitrogens with one attached hydrogen (secondary N) is 1. The van der Waals surface area contributed by atoms with Gasteiger partial charge in [-0.25, -0.2) is 0 Å². The molecular weight excluding hydrogens is 298 g/mol. The molecular formula is C18H22ClNO2. The van der Waals surface area contributed by atoms with Crippen LogP contribution in [0.4, 0.5) is 0 Å². The lowest BCUT2D eigenvalue weighted by atomic mass is 10.1. The molecule has 0 radical (unpaired) electrons. The van der Waals surface area contributed by atoms with Crippen LogP contribution in [-0.2, 0) is 13.2 Å². The minimum absolute atomic E-state index is 0.484. The summed E-state index contributed by atoms with van der Waals surface area (Å²) in [6.45, 7) is 4.38. The van der Waals surface area contributed by atoms with Crippen LogP contribution in [0.15, 0.2) is 42.5 Å². The largest absolute Gasteiger partial charge is 0.493 e. The van der Waals surface area contributed by atoms with Gasteiger partial charge >= 0.3 is 0 Å². The van der Waals surface area contributed by atoms with Gasteiger partial charge in [-0.3, -0.25) is 0 Å². The van der Waals surface area contributed by atoms with Crippen molar-refractivity contribution in [1.29, 1.82) is 0 Å². The summed E-state index contributed by atoms with van der Waals surface area (Å²) in [5.41, 5.74) is 2.17. The first-order valence-corrected chi connectivity index (χ1v) is 7.86. The zero-order valence-corrected chi connectivity index (χ0v) is 13.8. The number of hydrogen-bond acceptors (Lipinski definition) is 3. The van der Waals surface area contributed by atoms with Gasteiger partial charge in [-0.05, 0) is 36.7 Å². The van der Waals surface area contributed by atoms with Crippen LogP contribution in [0.5, 0.6) is 11.5 Å². The van der Waals surface area contributed by atoms with Gasteiger partial charge in [0.25, 0.3) is 0 Å². The zero-order chi connectivity index (χ0) is 15.8. The van der Waals surface area contributed by atoms with Crippen molar-refractivity contribution >= 4 is 11.6 Å². The number of benzene rings is 2. The summed E-state index contributed by atoms with van der Waals surface area (Å²) in [5.74, 6) is 1.55. The zero-order valence-electron chi connectivity index (χ0n) is 13.1. The molecule has 0 aliphatic carbocycles. The molecule has 2 aromatic carbocycles. The smallest absolute Gasteiger partial charge is 0.166 e. The highest BCUT2D eigenvalue weighted by Gasteiger charge is 2.10. The minimum atomic E-state index is 0.484. The molecule has 0 heterocycles. The molecule has 22 heavy (non-hydrogen) atoms. The summed E-state index contributed by atoms with van der Waals surface area (Å²) in [4.78, 5) is 0. The average Bonchev–Trinajstić information content (AvgIpc) is 2.55. The Kier molecular flexibility index (Phi) is 6.56. The number of para-hydroxylation sites is 1. The highest BCUT2D eigenvalue weighted by molar-refractivity contribution is 6.30. The first kappa shape index (κ1) is 16.7. The van der Waals surface area contributed by atoms with E-state index < -0.39 is 0 Å². The van der Waals surface area contributed by atoms with Crippen molar-refractivity contribution in [1.82, 2.24) is 5.32 Å². The van der Waals surface area contributed by atoms with Crippen LogP contribution in [0.2, 0.25) is 5.02 Å². The van der Waals surface area contributed by atoms with Gasteiger partial charge in [-0.15, -0.1) is 0 Å². The molecule has 0 fully saturated rings. The van der Waals surface area contributed by atoms with E-state index in [9.17, 15) is 0 Å². The van der Waals surface area contributed by atoms with Gasteiger partial charge in [0.2, 0.25) is 0 Å². The van der Waals surface area contributed by atoms with E-state index in [4.69, 9.17) is 21.1 Å². The maximum absolute atomic E-state index is 6.01. The van der Waals surface area contributed by atoms with E-state index in [-0.39, 0.29) is 0 Å². The van der Waals surface area contributed by atoms with E-state index in [1.165, 1.54) is 0 Å². The second kappa shape index (κ2) is 8.66.